The Labute approximate surface area is 368 Å². The van der Waals surface area contributed by atoms with Gasteiger partial charge in [0.15, 0.2) is 0 Å². The van der Waals surface area contributed by atoms with Crippen molar-refractivity contribution >= 4 is 33.0 Å². The average molecular weight is 977 g/mol. The molecule has 0 aliphatic heterocycles. The molecule has 0 aliphatic rings. The Balaban J connectivity index is -0.000000210. The van der Waals surface area contributed by atoms with E-state index < -0.39 is 33.0 Å². The first-order valence-electron chi connectivity index (χ1n) is 22.2. The summed E-state index contributed by atoms with van der Waals surface area (Å²) in [5, 5.41) is 0. The Hall–Kier alpha value is 0.768. The van der Waals surface area contributed by atoms with Crippen LogP contribution in [0.3, 0.4) is 0 Å². The SMILES string of the molecule is CCCCCCCCCCO[P+](=O)[O-].CCCCCCCCCCO[P+](=O)[O-].CCCCCCCCCCO[P+](=O)[O-].CCCCCCCCCCO[P+](=O)[O-].[Mo+4]. The topological polar surface area (TPSA) is 197 Å². The minimum atomic E-state index is -2.63. The molecule has 0 heterocycles. The molecule has 0 aliphatic carbocycles. The Bertz CT molecular complexity index is 693. The third-order valence-corrected chi connectivity index (χ3v) is 10.4. The molecule has 0 amide bonds. The fraction of sp³-hybridized carbons (Fsp3) is 1.00. The monoisotopic (exact) mass is 978 g/mol. The molecule has 0 saturated carbocycles. The van der Waals surface area contributed by atoms with Gasteiger partial charge in [-0.1, -0.05) is 207 Å². The zero-order valence-electron chi connectivity index (χ0n) is 36.6. The van der Waals surface area contributed by atoms with Crippen molar-refractivity contribution in [3.8, 4) is 0 Å². The Morgan fingerprint density at radius 2 is 0.386 bits per heavy atom. The molecule has 338 valence electrons. The van der Waals surface area contributed by atoms with Gasteiger partial charge in [-0.2, -0.15) is 0 Å². The van der Waals surface area contributed by atoms with E-state index in [1.165, 1.54) is 154 Å². The molecule has 0 fully saturated rings. The number of unbranched alkanes of at least 4 members (excludes halogenated alkanes) is 28. The van der Waals surface area contributed by atoms with Crippen LogP contribution < -0.4 is 19.6 Å². The van der Waals surface area contributed by atoms with Crippen LogP contribution in [0.2, 0.25) is 0 Å². The largest absolute Gasteiger partial charge is 4.00 e. The molecule has 0 radical (unpaired) electrons. The molecule has 12 nitrogen and oxygen atoms in total. The molecule has 17 heteroatoms. The molecule has 0 aromatic carbocycles. The summed E-state index contributed by atoms with van der Waals surface area (Å²) in [4.78, 5) is 40.1. The molecule has 4 atom stereocenters. The predicted octanol–water partition coefficient (Wildman–Crippen LogP) is 12.6. The van der Waals surface area contributed by atoms with Crippen LogP contribution in [0.4, 0.5) is 0 Å². The van der Waals surface area contributed by atoms with Crippen LogP contribution in [-0.2, 0) is 57.4 Å². The molecule has 0 aromatic rings. The normalized spacial score (nSPS) is 11.5. The van der Waals surface area contributed by atoms with Gasteiger partial charge in [-0.25, -0.2) is 0 Å². The van der Waals surface area contributed by atoms with Gasteiger partial charge in [0.2, 0.25) is 0 Å². The summed E-state index contributed by atoms with van der Waals surface area (Å²) in [5.41, 5.74) is 0. The van der Waals surface area contributed by atoms with Gasteiger partial charge in [-0.15, -0.1) is 18.1 Å². The third-order valence-electron chi connectivity index (χ3n) is 8.78. The van der Waals surface area contributed by atoms with E-state index >= 15 is 0 Å². The Morgan fingerprint density at radius 3 is 0.509 bits per heavy atom. The second-order valence-corrected chi connectivity index (χ2v) is 16.9. The van der Waals surface area contributed by atoms with Crippen LogP contribution >= 0.6 is 33.0 Å². The summed E-state index contributed by atoms with van der Waals surface area (Å²) in [7, 11) is -10.5. The van der Waals surface area contributed by atoms with E-state index in [1.54, 1.807) is 0 Å². The summed E-state index contributed by atoms with van der Waals surface area (Å²) in [5.74, 6) is 0. The summed E-state index contributed by atoms with van der Waals surface area (Å²) >= 11 is 0. The maximum atomic E-state index is 10.0. The van der Waals surface area contributed by atoms with Gasteiger partial charge in [-0.3, -0.25) is 0 Å². The zero-order valence-corrected chi connectivity index (χ0v) is 42.1. The van der Waals surface area contributed by atoms with Crippen molar-refractivity contribution in [2.24, 2.45) is 0 Å². The minimum absolute atomic E-state index is 0. The molecule has 0 rings (SSSR count). The van der Waals surface area contributed by atoms with Gasteiger partial charge < -0.3 is 19.6 Å². The number of hydrogen-bond donors (Lipinski definition) is 0. The summed E-state index contributed by atoms with van der Waals surface area (Å²) in [6.45, 7) is 10.3. The van der Waals surface area contributed by atoms with Crippen molar-refractivity contribution in [2.45, 2.75) is 233 Å². The number of rotatable bonds is 40. The second-order valence-electron chi connectivity index (χ2n) is 14.1. The van der Waals surface area contributed by atoms with Crippen molar-refractivity contribution < 1.29 is 77.0 Å². The van der Waals surface area contributed by atoms with Crippen LogP contribution in [0.25, 0.3) is 0 Å². The Kier molecular flexibility index (Phi) is 74.4. The fourth-order valence-electron chi connectivity index (χ4n) is 5.50. The van der Waals surface area contributed by atoms with E-state index in [9.17, 15) is 37.8 Å². The van der Waals surface area contributed by atoms with Gasteiger partial charge in [0.05, 0.1) is 0 Å². The van der Waals surface area contributed by atoms with Gasteiger partial charge in [0.1, 0.15) is 26.4 Å². The maximum Gasteiger partial charge on any atom is 4.00 e. The molecular formula is C40H84MoO12P4+4. The van der Waals surface area contributed by atoms with Gasteiger partial charge in [0.25, 0.3) is 0 Å². The first-order chi connectivity index (χ1) is 27.1. The molecular weight excluding hydrogens is 892 g/mol. The van der Waals surface area contributed by atoms with E-state index in [0.717, 1.165) is 51.4 Å². The molecule has 57 heavy (non-hydrogen) atoms. The van der Waals surface area contributed by atoms with Crippen molar-refractivity contribution in [1.82, 2.24) is 0 Å². The Morgan fingerprint density at radius 1 is 0.263 bits per heavy atom. The van der Waals surface area contributed by atoms with Gasteiger partial charge in [0, 0.05) is 0 Å². The van der Waals surface area contributed by atoms with E-state index in [0.29, 0.717) is 26.4 Å². The van der Waals surface area contributed by atoms with Gasteiger partial charge in [-0.05, 0) is 43.9 Å². The quantitative estimate of drug-likeness (QED) is 0.0320. The van der Waals surface area contributed by atoms with Crippen molar-refractivity contribution in [1.29, 1.82) is 0 Å². The summed E-state index contributed by atoms with van der Waals surface area (Å²) < 4.78 is 57.8. The molecule has 0 spiro atoms. The standard InChI is InChI=1S/4C10H21O3P.Mo/c4*1-2-3-4-5-6-7-8-9-10-13-14(11)12;/h4*2-10H2,1H3;/q;;;;+4. The fourth-order valence-corrected chi connectivity index (χ4v) is 6.61. The summed E-state index contributed by atoms with van der Waals surface area (Å²) in [6.07, 6.45) is 38.6. The van der Waals surface area contributed by atoms with E-state index in [1.807, 2.05) is 0 Å². The predicted molar refractivity (Wildman–Crippen MR) is 225 cm³/mol. The van der Waals surface area contributed by atoms with Crippen LogP contribution in [-0.4, -0.2) is 26.4 Å². The van der Waals surface area contributed by atoms with E-state index in [-0.39, 0.29) is 21.1 Å². The van der Waals surface area contributed by atoms with Crippen LogP contribution in [0, 0.1) is 0 Å². The average Bonchev–Trinajstić information content (AvgIpc) is 3.15. The van der Waals surface area contributed by atoms with Crippen LogP contribution in [0.15, 0.2) is 0 Å². The van der Waals surface area contributed by atoms with E-state index in [4.69, 9.17) is 0 Å². The maximum absolute atomic E-state index is 10.0. The molecule has 4 unspecified atom stereocenters. The zero-order chi connectivity index (χ0) is 42.6. The first kappa shape index (κ1) is 66.9. The summed E-state index contributed by atoms with van der Waals surface area (Å²) in [6, 6.07) is 0. The first-order valence-corrected chi connectivity index (χ1v) is 26.6. The number of hydrogen-bond acceptors (Lipinski definition) is 12. The van der Waals surface area contributed by atoms with Crippen LogP contribution in [0.5, 0.6) is 0 Å². The minimum Gasteiger partial charge on any atom is -0.566 e. The van der Waals surface area contributed by atoms with Gasteiger partial charge >= 0.3 is 54.1 Å². The van der Waals surface area contributed by atoms with Crippen molar-refractivity contribution in [2.75, 3.05) is 26.4 Å². The van der Waals surface area contributed by atoms with Crippen molar-refractivity contribution in [3.63, 3.8) is 0 Å². The van der Waals surface area contributed by atoms with Crippen LogP contribution in [0.1, 0.15) is 233 Å². The smallest absolute Gasteiger partial charge is 0.566 e. The third kappa shape index (κ3) is 85.0. The molecule has 0 aromatic heterocycles. The van der Waals surface area contributed by atoms with E-state index in [2.05, 4.69) is 45.8 Å². The van der Waals surface area contributed by atoms with Crippen molar-refractivity contribution in [3.05, 3.63) is 0 Å². The molecule has 0 N–H and O–H groups in total. The second kappa shape index (κ2) is 63.4. The molecule has 0 saturated heterocycles. The molecule has 0 bridgehead atoms.